The van der Waals surface area contributed by atoms with Gasteiger partial charge in [-0.15, -0.1) is 0 Å². The zero-order valence-electron chi connectivity index (χ0n) is 14.2. The zero-order chi connectivity index (χ0) is 18.4. The highest BCUT2D eigenvalue weighted by Crippen LogP contribution is 2.28. The van der Waals surface area contributed by atoms with Crippen LogP contribution in [0.1, 0.15) is 5.56 Å². The highest BCUT2D eigenvalue weighted by molar-refractivity contribution is 6.31. The smallest absolute Gasteiger partial charge is 0.266 e. The molecule has 0 aliphatic heterocycles. The fourth-order valence-electron chi connectivity index (χ4n) is 2.15. The first-order valence-corrected chi connectivity index (χ1v) is 7.86. The number of hydrogen-bond donors (Lipinski definition) is 1. The molecule has 2 aromatic rings. The molecule has 0 aliphatic rings. The lowest BCUT2D eigenvalue weighted by Gasteiger charge is -2.12. The second kappa shape index (κ2) is 8.22. The van der Waals surface area contributed by atoms with Gasteiger partial charge in [-0.05, 0) is 42.0 Å². The summed E-state index contributed by atoms with van der Waals surface area (Å²) >= 11 is 5.95. The zero-order valence-corrected chi connectivity index (χ0v) is 15.0. The first kappa shape index (κ1) is 18.4. The lowest BCUT2D eigenvalue weighted by Crippen LogP contribution is -2.14. The fraction of sp³-hybridized carbons (Fsp3) is 0.158. The van der Waals surface area contributed by atoms with Crippen LogP contribution in [0.4, 0.5) is 11.4 Å². The second-order valence-corrected chi connectivity index (χ2v) is 5.89. The molecular weight excluding hydrogens is 338 g/mol. The molecule has 128 valence electrons. The topological polar surface area (TPSA) is 65.4 Å². The molecule has 2 aromatic carbocycles. The normalized spacial score (nSPS) is 10.8. The Labute approximate surface area is 152 Å². The predicted octanol–water partition coefficient (Wildman–Crippen LogP) is 3.96. The van der Waals surface area contributed by atoms with Crippen LogP contribution in [0.15, 0.2) is 48.0 Å². The summed E-state index contributed by atoms with van der Waals surface area (Å²) in [6.07, 6.45) is 1.53. The first-order valence-electron chi connectivity index (χ1n) is 7.48. The van der Waals surface area contributed by atoms with E-state index in [0.717, 1.165) is 11.3 Å². The summed E-state index contributed by atoms with van der Waals surface area (Å²) in [6, 6.07) is 14.3. The SMILES string of the molecule is COc1ccc(Cl)cc1NC(=O)/C(C#N)=C/c1ccc(N(C)C)cc1. The van der Waals surface area contributed by atoms with Crippen molar-refractivity contribution < 1.29 is 9.53 Å². The van der Waals surface area contributed by atoms with E-state index in [2.05, 4.69) is 5.32 Å². The Kier molecular flexibility index (Phi) is 6.04. The van der Waals surface area contributed by atoms with Gasteiger partial charge in [0.25, 0.3) is 5.91 Å². The van der Waals surface area contributed by atoms with Gasteiger partial charge in [0, 0.05) is 24.8 Å². The van der Waals surface area contributed by atoms with Gasteiger partial charge in [-0.1, -0.05) is 23.7 Å². The molecule has 0 saturated heterocycles. The van der Waals surface area contributed by atoms with E-state index in [1.807, 2.05) is 49.3 Å². The highest BCUT2D eigenvalue weighted by Gasteiger charge is 2.13. The largest absolute Gasteiger partial charge is 0.495 e. The van der Waals surface area contributed by atoms with Crippen molar-refractivity contribution in [2.24, 2.45) is 0 Å². The van der Waals surface area contributed by atoms with Gasteiger partial charge in [0.05, 0.1) is 12.8 Å². The van der Waals surface area contributed by atoms with E-state index >= 15 is 0 Å². The summed E-state index contributed by atoms with van der Waals surface area (Å²) in [5.41, 5.74) is 2.18. The molecule has 0 spiro atoms. The number of methoxy groups -OCH3 is 1. The van der Waals surface area contributed by atoms with Gasteiger partial charge in [0.1, 0.15) is 17.4 Å². The van der Waals surface area contributed by atoms with E-state index in [1.54, 1.807) is 18.2 Å². The number of amides is 1. The Hall–Kier alpha value is -2.97. The van der Waals surface area contributed by atoms with Crippen molar-refractivity contribution in [2.45, 2.75) is 0 Å². The van der Waals surface area contributed by atoms with E-state index in [-0.39, 0.29) is 5.57 Å². The molecule has 0 aliphatic carbocycles. The van der Waals surface area contributed by atoms with Crippen molar-refractivity contribution in [3.8, 4) is 11.8 Å². The third-order valence-corrected chi connectivity index (χ3v) is 3.73. The number of anilines is 2. The molecule has 5 nitrogen and oxygen atoms in total. The molecule has 25 heavy (non-hydrogen) atoms. The van der Waals surface area contributed by atoms with Crippen molar-refractivity contribution in [3.63, 3.8) is 0 Å². The van der Waals surface area contributed by atoms with E-state index < -0.39 is 5.91 Å². The molecule has 1 amide bonds. The van der Waals surface area contributed by atoms with Gasteiger partial charge >= 0.3 is 0 Å². The van der Waals surface area contributed by atoms with Gasteiger partial charge in [-0.25, -0.2) is 0 Å². The average Bonchev–Trinajstić information content (AvgIpc) is 2.60. The third-order valence-electron chi connectivity index (χ3n) is 3.50. The van der Waals surface area contributed by atoms with Crippen LogP contribution in [0.2, 0.25) is 5.02 Å². The van der Waals surface area contributed by atoms with Gasteiger partial charge in [-0.2, -0.15) is 5.26 Å². The average molecular weight is 356 g/mol. The highest BCUT2D eigenvalue weighted by atomic mass is 35.5. The summed E-state index contributed by atoms with van der Waals surface area (Å²) < 4.78 is 5.19. The number of nitrogens with zero attached hydrogens (tertiary/aromatic N) is 2. The van der Waals surface area contributed by atoms with Crippen LogP contribution in [-0.4, -0.2) is 27.1 Å². The minimum absolute atomic E-state index is 0.0142. The minimum Gasteiger partial charge on any atom is -0.495 e. The maximum Gasteiger partial charge on any atom is 0.266 e. The van der Waals surface area contributed by atoms with E-state index in [9.17, 15) is 10.1 Å². The summed E-state index contributed by atoms with van der Waals surface area (Å²) in [5.74, 6) is -0.0647. The number of rotatable bonds is 5. The molecule has 0 bridgehead atoms. The molecular formula is C19H18ClN3O2. The van der Waals surface area contributed by atoms with E-state index in [1.165, 1.54) is 13.2 Å². The van der Waals surface area contributed by atoms with Crippen LogP contribution in [0.3, 0.4) is 0 Å². The summed E-state index contributed by atoms with van der Waals surface area (Å²) in [7, 11) is 5.38. The van der Waals surface area contributed by atoms with Gasteiger partial charge in [-0.3, -0.25) is 4.79 Å². The molecule has 0 atom stereocenters. The number of ether oxygens (including phenoxy) is 1. The Morgan fingerprint density at radius 2 is 1.92 bits per heavy atom. The lowest BCUT2D eigenvalue weighted by atomic mass is 10.1. The van der Waals surface area contributed by atoms with Crippen LogP contribution < -0.4 is 15.0 Å². The minimum atomic E-state index is -0.528. The van der Waals surface area contributed by atoms with Gasteiger partial charge in [0.2, 0.25) is 0 Å². The van der Waals surface area contributed by atoms with Crippen LogP contribution >= 0.6 is 11.6 Å². The number of nitriles is 1. The van der Waals surface area contributed by atoms with Crippen molar-refractivity contribution in [1.29, 1.82) is 5.26 Å². The summed E-state index contributed by atoms with van der Waals surface area (Å²) in [4.78, 5) is 14.4. The van der Waals surface area contributed by atoms with Crippen molar-refractivity contribution >= 4 is 35.0 Å². The molecule has 0 saturated carbocycles. The number of benzene rings is 2. The first-order chi connectivity index (χ1) is 11.9. The van der Waals surface area contributed by atoms with Crippen LogP contribution in [-0.2, 0) is 4.79 Å². The Morgan fingerprint density at radius 1 is 1.24 bits per heavy atom. The maximum absolute atomic E-state index is 12.4. The Bertz CT molecular complexity index is 837. The Balaban J connectivity index is 2.24. The van der Waals surface area contributed by atoms with Gasteiger partial charge < -0.3 is 15.0 Å². The standard InChI is InChI=1S/C19H18ClN3O2/c1-23(2)16-7-4-13(5-8-16)10-14(12-21)19(24)22-17-11-15(20)6-9-18(17)25-3/h4-11H,1-3H3,(H,22,24)/b14-10+. The van der Waals surface area contributed by atoms with Crippen LogP contribution in [0.5, 0.6) is 5.75 Å². The number of nitrogens with one attached hydrogen (secondary N) is 1. The molecule has 0 aromatic heterocycles. The quantitative estimate of drug-likeness (QED) is 0.651. The molecule has 0 unspecified atom stereocenters. The molecule has 0 radical (unpaired) electrons. The van der Waals surface area contributed by atoms with Crippen LogP contribution in [0, 0.1) is 11.3 Å². The summed E-state index contributed by atoms with van der Waals surface area (Å²) in [6.45, 7) is 0. The maximum atomic E-state index is 12.4. The summed E-state index contributed by atoms with van der Waals surface area (Å²) in [5, 5.41) is 12.4. The predicted molar refractivity (Wildman–Crippen MR) is 101 cm³/mol. The molecule has 6 heteroatoms. The monoisotopic (exact) mass is 355 g/mol. The van der Waals surface area contributed by atoms with Crippen molar-refractivity contribution in [2.75, 3.05) is 31.4 Å². The number of carbonyl (C=O) groups is 1. The number of carbonyl (C=O) groups excluding carboxylic acids is 1. The van der Waals surface area contributed by atoms with Crippen molar-refractivity contribution in [3.05, 3.63) is 58.6 Å². The molecule has 1 N–H and O–H groups in total. The third kappa shape index (κ3) is 4.75. The Morgan fingerprint density at radius 3 is 2.48 bits per heavy atom. The van der Waals surface area contributed by atoms with E-state index in [0.29, 0.717) is 16.5 Å². The second-order valence-electron chi connectivity index (χ2n) is 5.45. The lowest BCUT2D eigenvalue weighted by molar-refractivity contribution is -0.112. The van der Waals surface area contributed by atoms with Gasteiger partial charge in [0.15, 0.2) is 0 Å². The van der Waals surface area contributed by atoms with E-state index in [4.69, 9.17) is 16.3 Å². The molecule has 0 heterocycles. The van der Waals surface area contributed by atoms with Crippen LogP contribution in [0.25, 0.3) is 6.08 Å². The number of halogens is 1. The number of hydrogen-bond acceptors (Lipinski definition) is 4. The molecule has 2 rings (SSSR count). The fourth-order valence-corrected chi connectivity index (χ4v) is 2.32. The van der Waals surface area contributed by atoms with Crippen molar-refractivity contribution in [1.82, 2.24) is 0 Å². The molecule has 0 fully saturated rings.